The Balaban J connectivity index is 2.22. The van der Waals surface area contributed by atoms with E-state index in [2.05, 4.69) is 5.16 Å². The fraction of sp³-hybridized carbons (Fsp3) is 0. The van der Waals surface area contributed by atoms with Gasteiger partial charge in [-0.05, 0) is 24.3 Å². The van der Waals surface area contributed by atoms with E-state index in [0.717, 1.165) is 0 Å². The van der Waals surface area contributed by atoms with Gasteiger partial charge in [0.05, 0.1) is 10.6 Å². The Kier molecular flexibility index (Phi) is 3.35. The van der Waals surface area contributed by atoms with Crippen LogP contribution in [0.4, 0.5) is 14.7 Å². The second kappa shape index (κ2) is 5.18. The molecule has 2 aromatic carbocycles. The van der Waals surface area contributed by atoms with Gasteiger partial charge in [-0.1, -0.05) is 35.0 Å². The molecule has 0 bridgehead atoms. The Bertz CT molecular complexity index is 817. The highest BCUT2D eigenvalue weighted by atomic mass is 35.5. The zero-order valence-electron chi connectivity index (χ0n) is 10.6. The van der Waals surface area contributed by atoms with Gasteiger partial charge in [0.1, 0.15) is 17.3 Å². The van der Waals surface area contributed by atoms with E-state index < -0.39 is 11.6 Å². The first-order chi connectivity index (χ1) is 10.1. The Hall–Kier alpha value is -2.40. The third kappa shape index (κ3) is 2.36. The summed E-state index contributed by atoms with van der Waals surface area (Å²) in [6, 6.07) is 10.2. The summed E-state index contributed by atoms with van der Waals surface area (Å²) in [5, 5.41) is 3.76. The number of nitrogen functional groups attached to an aromatic ring is 1. The van der Waals surface area contributed by atoms with Crippen LogP contribution >= 0.6 is 11.6 Å². The van der Waals surface area contributed by atoms with Crippen LogP contribution in [0.15, 0.2) is 47.0 Å². The number of hydrogen-bond acceptors (Lipinski definition) is 3. The number of anilines is 1. The second-order valence-corrected chi connectivity index (χ2v) is 4.79. The number of hydrogen-bond donors (Lipinski definition) is 1. The molecule has 106 valence electrons. The van der Waals surface area contributed by atoms with Crippen molar-refractivity contribution >= 4 is 17.5 Å². The van der Waals surface area contributed by atoms with Crippen LogP contribution in [0, 0.1) is 11.6 Å². The smallest absolute Gasteiger partial charge is 0.230 e. The zero-order valence-corrected chi connectivity index (χ0v) is 11.4. The predicted molar refractivity (Wildman–Crippen MR) is 76.7 cm³/mol. The number of halogens is 3. The molecule has 1 heterocycles. The highest BCUT2D eigenvalue weighted by Gasteiger charge is 2.20. The van der Waals surface area contributed by atoms with Gasteiger partial charge >= 0.3 is 0 Å². The first-order valence-electron chi connectivity index (χ1n) is 6.03. The SMILES string of the molecule is Nc1onc(-c2ccc(F)c(Cl)c2)c1-c1ccccc1F. The maximum atomic E-state index is 14.0. The highest BCUT2D eigenvalue weighted by Crippen LogP contribution is 2.38. The molecule has 0 amide bonds. The largest absolute Gasteiger partial charge is 0.367 e. The van der Waals surface area contributed by atoms with Crippen LogP contribution in [0.25, 0.3) is 22.4 Å². The molecule has 6 heteroatoms. The number of nitrogens with zero attached hydrogens (tertiary/aromatic N) is 1. The van der Waals surface area contributed by atoms with Crippen molar-refractivity contribution in [2.75, 3.05) is 5.73 Å². The van der Waals surface area contributed by atoms with Crippen LogP contribution in [0.3, 0.4) is 0 Å². The van der Waals surface area contributed by atoms with Gasteiger partial charge in [0.15, 0.2) is 0 Å². The van der Waals surface area contributed by atoms with E-state index in [1.807, 2.05) is 0 Å². The number of benzene rings is 2. The van der Waals surface area contributed by atoms with Crippen molar-refractivity contribution < 1.29 is 13.3 Å². The molecule has 21 heavy (non-hydrogen) atoms. The number of nitrogens with two attached hydrogens (primary N) is 1. The summed E-state index contributed by atoms with van der Waals surface area (Å²) >= 11 is 5.76. The van der Waals surface area contributed by atoms with Crippen molar-refractivity contribution in [2.24, 2.45) is 0 Å². The maximum Gasteiger partial charge on any atom is 0.230 e. The van der Waals surface area contributed by atoms with Gasteiger partial charge in [-0.2, -0.15) is 0 Å². The van der Waals surface area contributed by atoms with Gasteiger partial charge in [0.2, 0.25) is 5.88 Å². The lowest BCUT2D eigenvalue weighted by Crippen LogP contribution is -1.91. The van der Waals surface area contributed by atoms with E-state index in [9.17, 15) is 8.78 Å². The summed E-state index contributed by atoms with van der Waals surface area (Å²) in [6.07, 6.45) is 0. The van der Waals surface area contributed by atoms with Gasteiger partial charge in [-0.15, -0.1) is 0 Å². The molecule has 0 spiro atoms. The monoisotopic (exact) mass is 306 g/mol. The first-order valence-corrected chi connectivity index (χ1v) is 6.41. The van der Waals surface area contributed by atoms with Gasteiger partial charge in [-0.25, -0.2) is 8.78 Å². The molecule has 0 aliphatic carbocycles. The quantitative estimate of drug-likeness (QED) is 0.757. The van der Waals surface area contributed by atoms with Gasteiger partial charge in [-0.3, -0.25) is 0 Å². The van der Waals surface area contributed by atoms with Crippen molar-refractivity contribution in [3.05, 3.63) is 59.1 Å². The third-order valence-electron chi connectivity index (χ3n) is 3.05. The lowest BCUT2D eigenvalue weighted by atomic mass is 10.0. The van der Waals surface area contributed by atoms with Crippen LogP contribution in [0.5, 0.6) is 0 Å². The molecule has 0 radical (unpaired) electrons. The van der Waals surface area contributed by atoms with Crippen molar-refractivity contribution in [3.8, 4) is 22.4 Å². The maximum absolute atomic E-state index is 14.0. The average Bonchev–Trinajstić information content (AvgIpc) is 2.84. The van der Waals surface area contributed by atoms with E-state index in [4.69, 9.17) is 21.9 Å². The molecule has 0 saturated carbocycles. The summed E-state index contributed by atoms with van der Waals surface area (Å²) in [7, 11) is 0. The fourth-order valence-electron chi connectivity index (χ4n) is 2.07. The molecule has 3 nitrogen and oxygen atoms in total. The van der Waals surface area contributed by atoms with Gasteiger partial charge < -0.3 is 10.3 Å². The van der Waals surface area contributed by atoms with Crippen molar-refractivity contribution in [1.82, 2.24) is 5.16 Å². The molecule has 0 aliphatic heterocycles. The topological polar surface area (TPSA) is 52.0 Å². The van der Waals surface area contributed by atoms with Crippen molar-refractivity contribution in [1.29, 1.82) is 0 Å². The standard InChI is InChI=1S/C15H9ClF2N2O/c16-10-7-8(5-6-12(10)18)14-13(15(19)21-20-14)9-3-1-2-4-11(9)17/h1-7H,19H2. The molecule has 1 aromatic heterocycles. The van der Waals surface area contributed by atoms with E-state index >= 15 is 0 Å². The Morgan fingerprint density at radius 2 is 1.81 bits per heavy atom. The molecule has 0 saturated heterocycles. The van der Waals surface area contributed by atoms with Crippen LogP contribution < -0.4 is 5.73 Å². The molecule has 0 aliphatic rings. The Morgan fingerprint density at radius 1 is 1.05 bits per heavy atom. The van der Waals surface area contributed by atoms with E-state index in [-0.39, 0.29) is 16.5 Å². The van der Waals surface area contributed by atoms with Gasteiger partial charge in [0.25, 0.3) is 0 Å². The molecule has 3 aromatic rings. The van der Waals surface area contributed by atoms with Crippen LogP contribution in [-0.2, 0) is 0 Å². The molecule has 3 rings (SSSR count). The van der Waals surface area contributed by atoms with E-state index in [1.165, 1.54) is 24.3 Å². The molecular weight excluding hydrogens is 298 g/mol. The summed E-state index contributed by atoms with van der Waals surface area (Å²) in [5.41, 5.74) is 7.11. The average molecular weight is 307 g/mol. The third-order valence-corrected chi connectivity index (χ3v) is 3.34. The zero-order chi connectivity index (χ0) is 15.0. The minimum absolute atomic E-state index is 0.0180. The molecule has 0 fully saturated rings. The van der Waals surface area contributed by atoms with Crippen molar-refractivity contribution in [2.45, 2.75) is 0 Å². The van der Waals surface area contributed by atoms with Crippen LogP contribution in [-0.4, -0.2) is 5.16 Å². The summed E-state index contributed by atoms with van der Waals surface area (Å²) in [6.45, 7) is 0. The second-order valence-electron chi connectivity index (χ2n) is 4.38. The number of rotatable bonds is 2. The Labute approximate surface area is 123 Å². The lowest BCUT2D eigenvalue weighted by molar-refractivity contribution is 0.439. The summed E-state index contributed by atoms with van der Waals surface area (Å²) in [4.78, 5) is 0. The lowest BCUT2D eigenvalue weighted by Gasteiger charge is -2.05. The summed E-state index contributed by atoms with van der Waals surface area (Å²) < 4.78 is 32.2. The van der Waals surface area contributed by atoms with E-state index in [0.29, 0.717) is 16.8 Å². The van der Waals surface area contributed by atoms with Crippen LogP contribution in [0.1, 0.15) is 0 Å². The first kappa shape index (κ1) is 13.6. The molecule has 2 N–H and O–H groups in total. The minimum Gasteiger partial charge on any atom is -0.367 e. The molecule has 0 unspecified atom stereocenters. The Morgan fingerprint density at radius 3 is 2.52 bits per heavy atom. The predicted octanol–water partition coefficient (Wildman–Crippen LogP) is 4.52. The van der Waals surface area contributed by atoms with Crippen molar-refractivity contribution in [3.63, 3.8) is 0 Å². The van der Waals surface area contributed by atoms with Gasteiger partial charge in [0, 0.05) is 11.1 Å². The molecule has 0 atom stereocenters. The van der Waals surface area contributed by atoms with E-state index in [1.54, 1.807) is 18.2 Å². The minimum atomic E-state index is -0.552. The normalized spacial score (nSPS) is 10.8. The number of aromatic nitrogens is 1. The fourth-order valence-corrected chi connectivity index (χ4v) is 2.25. The summed E-state index contributed by atoms with van der Waals surface area (Å²) in [5.74, 6) is -1.03. The molecular formula is C15H9ClF2N2O. The van der Waals surface area contributed by atoms with Crippen LogP contribution in [0.2, 0.25) is 5.02 Å². The highest BCUT2D eigenvalue weighted by molar-refractivity contribution is 6.31.